The highest BCUT2D eigenvalue weighted by Crippen LogP contribution is 2.33. The van der Waals surface area contributed by atoms with E-state index < -0.39 is 0 Å². The molecule has 3 heterocycles. The Morgan fingerprint density at radius 2 is 1.96 bits per heavy atom. The third-order valence-electron chi connectivity index (χ3n) is 4.34. The van der Waals surface area contributed by atoms with E-state index in [1.807, 2.05) is 42.5 Å². The molecule has 0 atom stereocenters. The largest absolute Gasteiger partial charge is 0.454 e. The maximum atomic E-state index is 6.07. The van der Waals surface area contributed by atoms with Crippen LogP contribution in [0.4, 0.5) is 17.3 Å². The molecule has 1 aliphatic rings. The zero-order valence-corrected chi connectivity index (χ0v) is 15.3. The van der Waals surface area contributed by atoms with Crippen LogP contribution in [-0.4, -0.2) is 27.0 Å². The van der Waals surface area contributed by atoms with Gasteiger partial charge in [-0.15, -0.1) is 0 Å². The predicted molar refractivity (Wildman–Crippen MR) is 106 cm³/mol. The maximum absolute atomic E-state index is 6.07. The van der Waals surface area contributed by atoms with Gasteiger partial charge in [0.15, 0.2) is 23.0 Å². The molecule has 5 rings (SSSR count). The second-order valence-electron chi connectivity index (χ2n) is 6.19. The number of benzene rings is 2. The summed E-state index contributed by atoms with van der Waals surface area (Å²) in [5.41, 5.74) is 2.50. The lowest BCUT2D eigenvalue weighted by Crippen LogP contribution is -2.02. The van der Waals surface area contributed by atoms with Crippen molar-refractivity contribution in [2.75, 3.05) is 17.4 Å². The fraction of sp³-hybridized carbons (Fsp3) is 0.105. The van der Waals surface area contributed by atoms with Crippen molar-refractivity contribution in [3.8, 4) is 11.5 Å². The van der Waals surface area contributed by atoms with Gasteiger partial charge in [0.25, 0.3) is 0 Å². The molecule has 2 aromatic carbocycles. The summed E-state index contributed by atoms with van der Waals surface area (Å²) in [5.74, 6) is 2.79. The average molecular weight is 395 g/mol. The molecule has 0 aliphatic carbocycles. The van der Waals surface area contributed by atoms with Crippen LogP contribution in [0.1, 0.15) is 5.56 Å². The number of hydrogen-bond donors (Lipinski definition) is 3. The summed E-state index contributed by atoms with van der Waals surface area (Å²) in [7, 11) is 0. The van der Waals surface area contributed by atoms with E-state index >= 15 is 0 Å². The number of hydrogen-bond acceptors (Lipinski definition) is 7. The summed E-state index contributed by atoms with van der Waals surface area (Å²) in [6.45, 7) is 0.814. The van der Waals surface area contributed by atoms with Gasteiger partial charge in [0.1, 0.15) is 17.5 Å². The number of anilines is 3. The molecular formula is C19H15ClN6O2. The number of fused-ring (bicyclic) bond motifs is 2. The van der Waals surface area contributed by atoms with Crippen LogP contribution in [0.25, 0.3) is 11.0 Å². The number of nitrogens with one attached hydrogen (secondary N) is 3. The quantitative estimate of drug-likeness (QED) is 0.469. The van der Waals surface area contributed by atoms with Crippen molar-refractivity contribution in [1.29, 1.82) is 0 Å². The SMILES string of the molecule is Clc1cccc(Nc2ncnc3[nH]nc(NCc4ccc5c(c4)OCO5)c23)c1. The van der Waals surface area contributed by atoms with Crippen LogP contribution in [0, 0.1) is 0 Å². The van der Waals surface area contributed by atoms with Crippen molar-refractivity contribution in [2.45, 2.75) is 6.54 Å². The van der Waals surface area contributed by atoms with Crippen LogP contribution in [0.5, 0.6) is 11.5 Å². The molecule has 28 heavy (non-hydrogen) atoms. The van der Waals surface area contributed by atoms with Gasteiger partial charge in [0, 0.05) is 17.3 Å². The first-order valence-corrected chi connectivity index (χ1v) is 8.98. The van der Waals surface area contributed by atoms with Crippen LogP contribution < -0.4 is 20.1 Å². The second kappa shape index (κ2) is 6.90. The van der Waals surface area contributed by atoms with Gasteiger partial charge >= 0.3 is 0 Å². The van der Waals surface area contributed by atoms with Gasteiger partial charge in [0.2, 0.25) is 6.79 Å². The molecule has 0 spiro atoms. The third-order valence-corrected chi connectivity index (χ3v) is 4.58. The Hall–Kier alpha value is -3.52. The minimum Gasteiger partial charge on any atom is -0.454 e. The summed E-state index contributed by atoms with van der Waals surface area (Å²) >= 11 is 6.07. The van der Waals surface area contributed by atoms with Crippen molar-refractivity contribution in [1.82, 2.24) is 20.2 Å². The number of rotatable bonds is 5. The molecule has 4 aromatic rings. The Labute approximate surface area is 164 Å². The molecule has 0 saturated heterocycles. The third kappa shape index (κ3) is 3.14. The van der Waals surface area contributed by atoms with Crippen molar-refractivity contribution < 1.29 is 9.47 Å². The summed E-state index contributed by atoms with van der Waals surface area (Å²) in [4.78, 5) is 8.62. The number of halogens is 1. The Balaban J connectivity index is 1.42. The van der Waals surface area contributed by atoms with Gasteiger partial charge in [-0.05, 0) is 35.9 Å². The van der Waals surface area contributed by atoms with E-state index in [0.29, 0.717) is 28.9 Å². The summed E-state index contributed by atoms with van der Waals surface area (Å²) in [5, 5.41) is 15.3. The van der Waals surface area contributed by atoms with Gasteiger partial charge in [-0.2, -0.15) is 5.10 Å². The molecular weight excluding hydrogens is 380 g/mol. The van der Waals surface area contributed by atoms with E-state index in [-0.39, 0.29) is 6.79 Å². The van der Waals surface area contributed by atoms with Crippen molar-refractivity contribution in [3.05, 3.63) is 59.4 Å². The molecule has 9 heteroatoms. The highest BCUT2D eigenvalue weighted by atomic mass is 35.5. The van der Waals surface area contributed by atoms with E-state index in [9.17, 15) is 0 Å². The van der Waals surface area contributed by atoms with E-state index in [1.54, 1.807) is 0 Å². The molecule has 8 nitrogen and oxygen atoms in total. The van der Waals surface area contributed by atoms with Gasteiger partial charge in [-0.3, -0.25) is 5.10 Å². The zero-order chi connectivity index (χ0) is 18.9. The standard InChI is InChI=1S/C19H15ClN6O2/c20-12-2-1-3-13(7-12)24-17-16-18(25-26-19(16)23-9-22-17)21-8-11-4-5-14-15(6-11)28-10-27-14/h1-7,9H,8,10H2,(H3,21,22,23,24,25,26). The molecule has 2 aromatic heterocycles. The first kappa shape index (κ1) is 16.6. The van der Waals surface area contributed by atoms with E-state index in [4.69, 9.17) is 21.1 Å². The monoisotopic (exact) mass is 394 g/mol. The molecule has 140 valence electrons. The lowest BCUT2D eigenvalue weighted by atomic mass is 10.2. The van der Waals surface area contributed by atoms with E-state index in [1.165, 1.54) is 6.33 Å². The van der Waals surface area contributed by atoms with Gasteiger partial charge < -0.3 is 20.1 Å². The van der Waals surface area contributed by atoms with Gasteiger partial charge in [-0.1, -0.05) is 23.7 Å². The van der Waals surface area contributed by atoms with Crippen LogP contribution in [-0.2, 0) is 6.54 Å². The van der Waals surface area contributed by atoms with E-state index in [0.717, 1.165) is 28.1 Å². The highest BCUT2D eigenvalue weighted by molar-refractivity contribution is 6.30. The lowest BCUT2D eigenvalue weighted by Gasteiger charge is -2.09. The van der Waals surface area contributed by atoms with Crippen LogP contribution in [0.15, 0.2) is 48.8 Å². The van der Waals surface area contributed by atoms with Gasteiger partial charge in [0.05, 0.1) is 0 Å². The number of aromatic nitrogens is 4. The van der Waals surface area contributed by atoms with Crippen molar-refractivity contribution in [3.63, 3.8) is 0 Å². The summed E-state index contributed by atoms with van der Waals surface area (Å²) < 4.78 is 10.8. The van der Waals surface area contributed by atoms with Crippen molar-refractivity contribution >= 4 is 40.0 Å². The number of aromatic amines is 1. The smallest absolute Gasteiger partial charge is 0.231 e. The highest BCUT2D eigenvalue weighted by Gasteiger charge is 2.15. The van der Waals surface area contributed by atoms with Gasteiger partial charge in [-0.25, -0.2) is 9.97 Å². The van der Waals surface area contributed by atoms with Crippen LogP contribution in [0.3, 0.4) is 0 Å². The molecule has 1 aliphatic heterocycles. The molecule has 3 N–H and O–H groups in total. The Morgan fingerprint density at radius 1 is 1.04 bits per heavy atom. The fourth-order valence-electron chi connectivity index (χ4n) is 3.02. The second-order valence-corrected chi connectivity index (χ2v) is 6.63. The first-order chi connectivity index (χ1) is 13.8. The van der Waals surface area contributed by atoms with Crippen LogP contribution in [0.2, 0.25) is 5.02 Å². The molecule has 0 bridgehead atoms. The Kier molecular flexibility index (Phi) is 4.10. The lowest BCUT2D eigenvalue weighted by molar-refractivity contribution is 0.174. The molecule has 0 fully saturated rings. The predicted octanol–water partition coefficient (Wildman–Crippen LogP) is 4.09. The molecule has 0 saturated carbocycles. The fourth-order valence-corrected chi connectivity index (χ4v) is 3.21. The minimum absolute atomic E-state index is 0.256. The van der Waals surface area contributed by atoms with E-state index in [2.05, 4.69) is 30.8 Å². The Bertz CT molecular complexity index is 1160. The normalized spacial score (nSPS) is 12.3. The molecule has 0 unspecified atom stereocenters. The Morgan fingerprint density at radius 3 is 2.89 bits per heavy atom. The molecule has 0 amide bonds. The molecule has 0 radical (unpaired) electrons. The number of H-pyrrole nitrogens is 1. The minimum atomic E-state index is 0.256. The summed E-state index contributed by atoms with van der Waals surface area (Å²) in [6, 6.07) is 13.3. The first-order valence-electron chi connectivity index (χ1n) is 8.60. The van der Waals surface area contributed by atoms with Crippen LogP contribution >= 0.6 is 11.6 Å². The number of nitrogens with zero attached hydrogens (tertiary/aromatic N) is 3. The average Bonchev–Trinajstić information content (AvgIpc) is 3.33. The zero-order valence-electron chi connectivity index (χ0n) is 14.6. The maximum Gasteiger partial charge on any atom is 0.231 e. The topological polar surface area (TPSA) is 97.0 Å². The summed E-state index contributed by atoms with van der Waals surface area (Å²) in [6.07, 6.45) is 1.48. The van der Waals surface area contributed by atoms with Crippen molar-refractivity contribution in [2.24, 2.45) is 0 Å². The number of ether oxygens (including phenoxy) is 2.